The zero-order valence-electron chi connectivity index (χ0n) is 8.35. The largest absolute Gasteiger partial charge is 0.309 e. The maximum absolute atomic E-state index is 9.13. The van der Waals surface area contributed by atoms with Gasteiger partial charge in [-0.25, -0.2) is 0 Å². The third kappa shape index (κ3) is 1.70. The van der Waals surface area contributed by atoms with Crippen LogP contribution < -0.4 is 5.73 Å². The second kappa shape index (κ2) is 3.72. The van der Waals surface area contributed by atoms with Crippen LogP contribution in [0.2, 0.25) is 0 Å². The Morgan fingerprint density at radius 3 is 2.67 bits per heavy atom. The number of benzene rings is 1. The van der Waals surface area contributed by atoms with Crippen molar-refractivity contribution in [2.45, 2.75) is 12.0 Å². The van der Waals surface area contributed by atoms with Crippen LogP contribution in [-0.2, 0) is 0 Å². The van der Waals surface area contributed by atoms with E-state index in [1.54, 1.807) is 0 Å². The Bertz CT molecular complexity index is 451. The van der Waals surface area contributed by atoms with Gasteiger partial charge in [0.05, 0.1) is 6.07 Å². The van der Waals surface area contributed by atoms with Crippen molar-refractivity contribution in [1.29, 1.82) is 5.26 Å². The fourth-order valence-electron chi connectivity index (χ4n) is 1.75. The van der Waals surface area contributed by atoms with Gasteiger partial charge < -0.3 is 5.73 Å². The van der Waals surface area contributed by atoms with E-state index in [-0.39, 0.29) is 0 Å². The summed E-state index contributed by atoms with van der Waals surface area (Å²) in [4.78, 5) is 0. The van der Waals surface area contributed by atoms with Crippen molar-refractivity contribution in [2.75, 3.05) is 0 Å². The van der Waals surface area contributed by atoms with Crippen LogP contribution >= 0.6 is 0 Å². The number of hydrogen-bond donors (Lipinski definition) is 1. The summed E-state index contributed by atoms with van der Waals surface area (Å²) in [6.45, 7) is 0. The summed E-state index contributed by atoms with van der Waals surface area (Å²) in [6.07, 6.45) is 6.37. The van der Waals surface area contributed by atoms with E-state index in [0.717, 1.165) is 11.1 Å². The summed E-state index contributed by atoms with van der Waals surface area (Å²) in [5.74, 6) is 0. The lowest BCUT2D eigenvalue weighted by atomic mass is 9.81. The molecule has 1 aromatic rings. The average molecular weight is 196 g/mol. The third-order valence-electron chi connectivity index (χ3n) is 2.60. The summed E-state index contributed by atoms with van der Waals surface area (Å²) in [6, 6.07) is 12.0. The molecule has 1 atom stereocenters. The summed E-state index contributed by atoms with van der Waals surface area (Å²) < 4.78 is 0. The number of hydrogen-bond acceptors (Lipinski definition) is 2. The fraction of sp³-hybridized carbons (Fsp3) is 0.154. The molecule has 0 fully saturated rings. The van der Waals surface area contributed by atoms with Crippen molar-refractivity contribution in [3.05, 3.63) is 54.1 Å². The zero-order chi connectivity index (χ0) is 10.7. The van der Waals surface area contributed by atoms with Gasteiger partial charge in [0, 0.05) is 6.42 Å². The molecule has 0 amide bonds. The van der Waals surface area contributed by atoms with Crippen molar-refractivity contribution >= 4 is 5.57 Å². The van der Waals surface area contributed by atoms with E-state index in [1.165, 1.54) is 0 Å². The van der Waals surface area contributed by atoms with Crippen molar-refractivity contribution in [3.8, 4) is 6.07 Å². The molecule has 0 heterocycles. The van der Waals surface area contributed by atoms with Crippen LogP contribution in [0.15, 0.2) is 48.6 Å². The highest BCUT2D eigenvalue weighted by atomic mass is 14.7. The minimum Gasteiger partial charge on any atom is -0.309 e. The predicted octanol–water partition coefficient (Wildman–Crippen LogP) is 2.25. The first-order valence-electron chi connectivity index (χ1n) is 4.89. The molecule has 2 nitrogen and oxygen atoms in total. The normalized spacial score (nSPS) is 24.4. The van der Waals surface area contributed by atoms with Crippen LogP contribution in [0.4, 0.5) is 0 Å². The van der Waals surface area contributed by atoms with Gasteiger partial charge in [-0.15, -0.1) is 0 Å². The summed E-state index contributed by atoms with van der Waals surface area (Å²) in [5.41, 5.74) is 7.09. The van der Waals surface area contributed by atoms with Crippen molar-refractivity contribution in [2.24, 2.45) is 5.73 Å². The summed E-state index contributed by atoms with van der Waals surface area (Å²) in [7, 11) is 0. The third-order valence-corrected chi connectivity index (χ3v) is 2.60. The van der Waals surface area contributed by atoms with E-state index in [2.05, 4.69) is 6.07 Å². The Morgan fingerprint density at radius 2 is 2.00 bits per heavy atom. The molecule has 2 N–H and O–H groups in total. The van der Waals surface area contributed by atoms with Crippen LogP contribution in [0.1, 0.15) is 12.0 Å². The molecule has 1 unspecified atom stereocenters. The second-order valence-electron chi connectivity index (χ2n) is 3.66. The van der Waals surface area contributed by atoms with Gasteiger partial charge in [0.25, 0.3) is 0 Å². The monoisotopic (exact) mass is 196 g/mol. The Balaban J connectivity index is 2.48. The number of nitriles is 1. The van der Waals surface area contributed by atoms with Gasteiger partial charge in [-0.2, -0.15) is 5.26 Å². The van der Waals surface area contributed by atoms with Crippen molar-refractivity contribution in [3.63, 3.8) is 0 Å². The Hall–Kier alpha value is -1.85. The molecule has 1 aliphatic carbocycles. The lowest BCUT2D eigenvalue weighted by molar-refractivity contribution is 0.695. The van der Waals surface area contributed by atoms with Crippen LogP contribution in [0.3, 0.4) is 0 Å². The highest BCUT2D eigenvalue weighted by Gasteiger charge is 2.30. The lowest BCUT2D eigenvalue weighted by Crippen LogP contribution is -2.39. The van der Waals surface area contributed by atoms with E-state index < -0.39 is 5.54 Å². The molecule has 15 heavy (non-hydrogen) atoms. The minimum atomic E-state index is -0.879. The Morgan fingerprint density at radius 1 is 1.27 bits per heavy atom. The molecule has 1 aliphatic rings. The van der Waals surface area contributed by atoms with Gasteiger partial charge in [0.15, 0.2) is 0 Å². The highest BCUT2D eigenvalue weighted by Crippen LogP contribution is 2.30. The van der Waals surface area contributed by atoms with Gasteiger partial charge in [-0.1, -0.05) is 48.6 Å². The van der Waals surface area contributed by atoms with E-state index in [9.17, 15) is 0 Å². The van der Waals surface area contributed by atoms with Gasteiger partial charge in [-0.05, 0) is 11.1 Å². The number of allylic oxidation sites excluding steroid dienone is 2. The van der Waals surface area contributed by atoms with Crippen LogP contribution in [0.5, 0.6) is 0 Å². The number of rotatable bonds is 1. The smallest absolute Gasteiger partial charge is 0.133 e. The summed E-state index contributed by atoms with van der Waals surface area (Å²) >= 11 is 0. The molecule has 0 aliphatic heterocycles. The first kappa shape index (κ1) is 9.70. The fourth-order valence-corrected chi connectivity index (χ4v) is 1.75. The Kier molecular flexibility index (Phi) is 2.40. The van der Waals surface area contributed by atoms with Crippen molar-refractivity contribution < 1.29 is 0 Å². The number of nitrogens with zero attached hydrogens (tertiary/aromatic N) is 1. The quantitative estimate of drug-likeness (QED) is 0.748. The van der Waals surface area contributed by atoms with Crippen molar-refractivity contribution in [1.82, 2.24) is 0 Å². The minimum absolute atomic E-state index is 0.574. The maximum Gasteiger partial charge on any atom is 0.133 e. The van der Waals surface area contributed by atoms with Gasteiger partial charge >= 0.3 is 0 Å². The van der Waals surface area contributed by atoms with E-state index in [0.29, 0.717) is 6.42 Å². The number of nitrogens with two attached hydrogens (primary N) is 1. The van der Waals surface area contributed by atoms with Crippen LogP contribution in [-0.4, -0.2) is 5.54 Å². The average Bonchev–Trinajstić information content (AvgIpc) is 2.31. The van der Waals surface area contributed by atoms with E-state index in [1.807, 2.05) is 48.6 Å². The topological polar surface area (TPSA) is 49.8 Å². The molecule has 1 aromatic carbocycles. The highest BCUT2D eigenvalue weighted by molar-refractivity contribution is 5.78. The second-order valence-corrected chi connectivity index (χ2v) is 3.66. The zero-order valence-corrected chi connectivity index (χ0v) is 8.35. The molecule has 0 radical (unpaired) electrons. The summed E-state index contributed by atoms with van der Waals surface area (Å²) in [5, 5.41) is 9.13. The standard InChI is InChI=1S/C13H12N2/c14-10-13(15)9-5-4-8-12(13)11-6-2-1-3-7-11/h1-8H,9,15H2. The van der Waals surface area contributed by atoms with Crippen LogP contribution in [0, 0.1) is 11.3 Å². The molecule has 2 rings (SSSR count). The molecule has 0 spiro atoms. The molecule has 2 heteroatoms. The molecular formula is C13H12N2. The first-order valence-corrected chi connectivity index (χ1v) is 4.89. The molecule has 0 aromatic heterocycles. The maximum atomic E-state index is 9.13. The molecule has 0 saturated carbocycles. The van der Waals surface area contributed by atoms with Gasteiger partial charge in [-0.3, -0.25) is 0 Å². The van der Waals surface area contributed by atoms with E-state index >= 15 is 0 Å². The predicted molar refractivity (Wildman–Crippen MR) is 60.7 cm³/mol. The molecule has 0 bridgehead atoms. The Labute approximate surface area is 89.3 Å². The van der Waals surface area contributed by atoms with E-state index in [4.69, 9.17) is 11.0 Å². The van der Waals surface area contributed by atoms with Crippen LogP contribution in [0.25, 0.3) is 5.57 Å². The first-order chi connectivity index (χ1) is 7.26. The lowest BCUT2D eigenvalue weighted by Gasteiger charge is -2.26. The van der Waals surface area contributed by atoms with Gasteiger partial charge in [0.1, 0.15) is 5.54 Å². The molecule has 0 saturated heterocycles. The molecular weight excluding hydrogens is 184 g/mol. The molecule has 74 valence electrons. The van der Waals surface area contributed by atoms with Gasteiger partial charge in [0.2, 0.25) is 0 Å². The SMILES string of the molecule is N#CC1(N)CC=CC=C1c1ccccc1.